The number of hydrogen-bond acceptors (Lipinski definition) is 6. The van der Waals surface area contributed by atoms with Crippen LogP contribution in [0.15, 0.2) is 36.4 Å². The van der Waals surface area contributed by atoms with Gasteiger partial charge >= 0.3 is 0 Å². The molecule has 0 aliphatic carbocycles. The van der Waals surface area contributed by atoms with E-state index in [1.54, 1.807) is 0 Å². The van der Waals surface area contributed by atoms with Crippen molar-refractivity contribution < 1.29 is 0 Å². The Kier molecular flexibility index (Phi) is 3.95. The summed E-state index contributed by atoms with van der Waals surface area (Å²) in [6.45, 7) is 7.01. The van der Waals surface area contributed by atoms with E-state index in [9.17, 15) is 0 Å². The lowest BCUT2D eigenvalue weighted by molar-refractivity contribution is 0.286. The van der Waals surface area contributed by atoms with Crippen molar-refractivity contribution in [2.45, 2.75) is 20.4 Å². The van der Waals surface area contributed by atoms with Gasteiger partial charge < -0.3 is 0 Å². The Bertz CT molecular complexity index is 985. The van der Waals surface area contributed by atoms with Crippen LogP contribution < -0.4 is 0 Å². The fourth-order valence-corrected chi connectivity index (χ4v) is 3.52. The van der Waals surface area contributed by atoms with Crippen molar-refractivity contribution in [3.8, 4) is 10.7 Å². The Morgan fingerprint density at radius 1 is 1.04 bits per heavy atom. The summed E-state index contributed by atoms with van der Waals surface area (Å²) in [5.74, 6) is 0.872. The van der Waals surface area contributed by atoms with E-state index in [0.29, 0.717) is 0 Å². The third-order valence-corrected chi connectivity index (χ3v) is 5.05. The van der Waals surface area contributed by atoms with Crippen molar-refractivity contribution in [1.29, 1.82) is 0 Å². The van der Waals surface area contributed by atoms with Crippen molar-refractivity contribution in [3.63, 3.8) is 0 Å². The SMILES string of the molecule is CCN(CC)Cc1nnc2sc(-c3ccc4ccccc4n3)nn12. The monoisotopic (exact) mass is 338 g/mol. The average Bonchev–Trinajstić information content (AvgIpc) is 3.20. The van der Waals surface area contributed by atoms with E-state index < -0.39 is 0 Å². The van der Waals surface area contributed by atoms with Crippen LogP contribution in [0.4, 0.5) is 0 Å². The fourth-order valence-electron chi connectivity index (χ4n) is 2.69. The van der Waals surface area contributed by atoms with Gasteiger partial charge in [-0.1, -0.05) is 49.4 Å². The van der Waals surface area contributed by atoms with Crippen LogP contribution in [0, 0.1) is 0 Å². The Morgan fingerprint density at radius 3 is 2.71 bits per heavy atom. The van der Waals surface area contributed by atoms with Crippen LogP contribution in [0.3, 0.4) is 0 Å². The van der Waals surface area contributed by atoms with E-state index in [1.165, 1.54) is 11.3 Å². The number of pyridine rings is 1. The molecule has 0 aliphatic rings. The van der Waals surface area contributed by atoms with Gasteiger partial charge in [0.1, 0.15) is 5.69 Å². The normalized spacial score (nSPS) is 11.8. The summed E-state index contributed by atoms with van der Waals surface area (Å²) in [6, 6.07) is 12.2. The summed E-state index contributed by atoms with van der Waals surface area (Å²) in [6.07, 6.45) is 0. The second-order valence-electron chi connectivity index (χ2n) is 5.57. The highest BCUT2D eigenvalue weighted by Crippen LogP contribution is 2.26. The molecular formula is C17H18N6S. The summed E-state index contributed by atoms with van der Waals surface area (Å²) in [5.41, 5.74) is 1.85. The van der Waals surface area contributed by atoms with Crippen molar-refractivity contribution >= 4 is 27.2 Å². The van der Waals surface area contributed by atoms with E-state index in [4.69, 9.17) is 10.1 Å². The van der Waals surface area contributed by atoms with Gasteiger partial charge in [0, 0.05) is 5.39 Å². The number of fused-ring (bicyclic) bond motifs is 2. The Balaban J connectivity index is 1.72. The van der Waals surface area contributed by atoms with Crippen LogP contribution in [0.2, 0.25) is 0 Å². The van der Waals surface area contributed by atoms with Gasteiger partial charge in [0.2, 0.25) is 4.96 Å². The fraction of sp³-hybridized carbons (Fsp3) is 0.294. The molecule has 0 aliphatic heterocycles. The first-order valence-electron chi connectivity index (χ1n) is 8.08. The molecule has 0 saturated carbocycles. The van der Waals surface area contributed by atoms with Gasteiger partial charge in [0.25, 0.3) is 0 Å². The van der Waals surface area contributed by atoms with Gasteiger partial charge in [-0.2, -0.15) is 9.61 Å². The van der Waals surface area contributed by atoms with E-state index in [-0.39, 0.29) is 0 Å². The van der Waals surface area contributed by atoms with Gasteiger partial charge in [-0.15, -0.1) is 10.2 Å². The van der Waals surface area contributed by atoms with E-state index in [2.05, 4.69) is 41.1 Å². The van der Waals surface area contributed by atoms with Gasteiger partial charge in [0.05, 0.1) is 12.1 Å². The highest BCUT2D eigenvalue weighted by molar-refractivity contribution is 7.19. The standard InChI is InChI=1S/C17H18N6S/c1-3-22(4-2)11-15-19-20-17-23(15)21-16(24-17)14-10-9-12-7-5-6-8-13(12)18-14/h5-10H,3-4,11H2,1-2H3. The maximum atomic E-state index is 4.72. The molecule has 0 spiro atoms. The zero-order chi connectivity index (χ0) is 16.5. The topological polar surface area (TPSA) is 59.2 Å². The maximum absolute atomic E-state index is 4.72. The molecule has 4 aromatic rings. The Hall–Kier alpha value is -2.38. The van der Waals surface area contributed by atoms with Crippen LogP contribution in [0.5, 0.6) is 0 Å². The van der Waals surface area contributed by atoms with Gasteiger partial charge in [-0.25, -0.2) is 4.98 Å². The number of benzene rings is 1. The molecule has 0 radical (unpaired) electrons. The predicted octanol–water partition coefficient (Wildman–Crippen LogP) is 3.24. The second-order valence-corrected chi connectivity index (χ2v) is 6.52. The minimum Gasteiger partial charge on any atom is -0.296 e. The minimum absolute atomic E-state index is 0.752. The molecule has 3 heterocycles. The molecule has 1 aromatic carbocycles. The summed E-state index contributed by atoms with van der Waals surface area (Å²) in [7, 11) is 0. The average molecular weight is 338 g/mol. The van der Waals surface area contributed by atoms with Crippen LogP contribution in [-0.4, -0.2) is 42.8 Å². The molecule has 0 fully saturated rings. The number of hydrogen-bond donors (Lipinski definition) is 0. The quantitative estimate of drug-likeness (QED) is 0.559. The molecule has 122 valence electrons. The summed E-state index contributed by atoms with van der Waals surface area (Å²) >= 11 is 1.52. The zero-order valence-corrected chi connectivity index (χ0v) is 14.5. The largest absolute Gasteiger partial charge is 0.296 e. The third kappa shape index (κ3) is 2.65. The van der Waals surface area contributed by atoms with Crippen LogP contribution in [-0.2, 0) is 6.54 Å². The van der Waals surface area contributed by atoms with Crippen molar-refractivity contribution in [2.24, 2.45) is 0 Å². The van der Waals surface area contributed by atoms with Crippen LogP contribution in [0.1, 0.15) is 19.7 Å². The number of para-hydroxylation sites is 1. The van der Waals surface area contributed by atoms with Crippen LogP contribution in [0.25, 0.3) is 26.6 Å². The molecule has 4 rings (SSSR count). The first-order valence-corrected chi connectivity index (χ1v) is 8.89. The van der Waals surface area contributed by atoms with E-state index >= 15 is 0 Å². The molecule has 3 aromatic heterocycles. The first-order chi connectivity index (χ1) is 11.8. The van der Waals surface area contributed by atoms with Crippen molar-refractivity contribution in [3.05, 3.63) is 42.2 Å². The van der Waals surface area contributed by atoms with Crippen molar-refractivity contribution in [2.75, 3.05) is 13.1 Å². The van der Waals surface area contributed by atoms with Gasteiger partial charge in [-0.3, -0.25) is 4.90 Å². The molecular weight excluding hydrogens is 320 g/mol. The van der Waals surface area contributed by atoms with Crippen molar-refractivity contribution in [1.82, 2.24) is 29.7 Å². The number of aromatic nitrogens is 5. The van der Waals surface area contributed by atoms with E-state index in [0.717, 1.165) is 52.0 Å². The number of nitrogens with zero attached hydrogens (tertiary/aromatic N) is 6. The highest BCUT2D eigenvalue weighted by Gasteiger charge is 2.15. The van der Waals surface area contributed by atoms with E-state index in [1.807, 2.05) is 28.8 Å². The summed E-state index contributed by atoms with van der Waals surface area (Å²) in [4.78, 5) is 7.82. The molecule has 0 atom stereocenters. The Morgan fingerprint density at radius 2 is 1.88 bits per heavy atom. The van der Waals surface area contributed by atoms with Gasteiger partial charge in [-0.05, 0) is 25.2 Å². The lowest BCUT2D eigenvalue weighted by atomic mass is 10.2. The molecule has 0 bridgehead atoms. The first kappa shape index (κ1) is 15.2. The second kappa shape index (κ2) is 6.26. The Labute approximate surface area is 143 Å². The predicted molar refractivity (Wildman–Crippen MR) is 96.0 cm³/mol. The minimum atomic E-state index is 0.752. The molecule has 0 unspecified atom stereocenters. The van der Waals surface area contributed by atoms with Gasteiger partial charge in [0.15, 0.2) is 10.8 Å². The molecule has 6 nitrogen and oxygen atoms in total. The molecule has 7 heteroatoms. The summed E-state index contributed by atoms with van der Waals surface area (Å²) < 4.78 is 1.84. The molecule has 24 heavy (non-hydrogen) atoms. The smallest absolute Gasteiger partial charge is 0.235 e. The third-order valence-electron chi connectivity index (χ3n) is 4.13. The highest BCUT2D eigenvalue weighted by atomic mass is 32.1. The molecule has 0 amide bonds. The number of rotatable bonds is 5. The lowest BCUT2D eigenvalue weighted by Gasteiger charge is -2.15. The van der Waals surface area contributed by atoms with Crippen LogP contribution >= 0.6 is 11.3 Å². The summed E-state index contributed by atoms with van der Waals surface area (Å²) in [5, 5.41) is 15.2. The molecule has 0 saturated heterocycles. The maximum Gasteiger partial charge on any atom is 0.235 e. The zero-order valence-electron chi connectivity index (χ0n) is 13.7. The lowest BCUT2D eigenvalue weighted by Crippen LogP contribution is -2.23. The molecule has 0 N–H and O–H groups in total.